The average Bonchev–Trinajstić information content (AvgIpc) is 2.88. The topological polar surface area (TPSA) is 58.4 Å². The molecule has 3 aromatic rings. The molecule has 3 rings (SSSR count). The van der Waals surface area contributed by atoms with Gasteiger partial charge >= 0.3 is 6.09 Å². The van der Waals surface area contributed by atoms with Crippen LogP contribution in [0.2, 0.25) is 0 Å². The normalized spacial score (nSPS) is 10.6. The summed E-state index contributed by atoms with van der Waals surface area (Å²) in [5, 5.41) is 9.39. The molecule has 0 aliphatic carbocycles. The molecule has 20 heavy (non-hydrogen) atoms. The lowest BCUT2D eigenvalue weighted by Gasteiger charge is -2.20. The summed E-state index contributed by atoms with van der Waals surface area (Å²) in [6.45, 7) is 0.208. The van der Waals surface area contributed by atoms with Crippen LogP contribution in [-0.2, 0) is 6.67 Å². The quantitative estimate of drug-likeness (QED) is 0.792. The Bertz CT molecular complexity index is 737. The number of para-hydroxylation sites is 3. The van der Waals surface area contributed by atoms with Crippen molar-refractivity contribution in [3.63, 3.8) is 0 Å². The highest BCUT2D eigenvalue weighted by atomic mass is 16.4. The molecule has 5 heteroatoms. The summed E-state index contributed by atoms with van der Waals surface area (Å²) < 4.78 is 1.82. The molecule has 0 saturated heterocycles. The number of hydrogen-bond donors (Lipinski definition) is 1. The zero-order chi connectivity index (χ0) is 13.9. The van der Waals surface area contributed by atoms with Gasteiger partial charge in [0.2, 0.25) is 0 Å². The third-order valence-electron chi connectivity index (χ3n) is 3.12. The molecular weight excluding hydrogens is 254 g/mol. The maximum Gasteiger partial charge on any atom is 0.413 e. The lowest BCUT2D eigenvalue weighted by molar-refractivity contribution is 0.200. The summed E-state index contributed by atoms with van der Waals surface area (Å²) in [5.41, 5.74) is 2.40. The van der Waals surface area contributed by atoms with Crippen molar-refractivity contribution in [2.75, 3.05) is 4.90 Å². The van der Waals surface area contributed by atoms with Gasteiger partial charge in [0.1, 0.15) is 6.67 Å². The number of aromatic nitrogens is 2. The SMILES string of the molecule is O=C(O)N(Cn1cnc2ccccc21)c1ccccc1. The average molecular weight is 267 g/mol. The van der Waals surface area contributed by atoms with E-state index in [4.69, 9.17) is 0 Å². The van der Waals surface area contributed by atoms with Crippen molar-refractivity contribution in [2.24, 2.45) is 0 Å². The molecule has 0 spiro atoms. The second kappa shape index (κ2) is 5.05. The van der Waals surface area contributed by atoms with E-state index in [0.717, 1.165) is 11.0 Å². The summed E-state index contributed by atoms with van der Waals surface area (Å²) in [6.07, 6.45) is 0.665. The van der Waals surface area contributed by atoms with E-state index in [1.54, 1.807) is 18.5 Å². The summed E-state index contributed by atoms with van der Waals surface area (Å²) in [7, 11) is 0. The minimum atomic E-state index is -0.992. The number of rotatable bonds is 3. The maximum absolute atomic E-state index is 11.5. The summed E-state index contributed by atoms with van der Waals surface area (Å²) in [5.74, 6) is 0. The van der Waals surface area contributed by atoms with Gasteiger partial charge in [-0.2, -0.15) is 0 Å². The van der Waals surface area contributed by atoms with Gasteiger partial charge in [-0.05, 0) is 24.3 Å². The first-order valence-electron chi connectivity index (χ1n) is 6.21. The minimum absolute atomic E-state index is 0.208. The van der Waals surface area contributed by atoms with Crippen LogP contribution >= 0.6 is 0 Å². The van der Waals surface area contributed by atoms with Gasteiger partial charge < -0.3 is 9.67 Å². The zero-order valence-corrected chi connectivity index (χ0v) is 10.7. The molecule has 0 atom stereocenters. The molecule has 0 aliphatic heterocycles. The van der Waals surface area contributed by atoms with Gasteiger partial charge in [-0.15, -0.1) is 0 Å². The Hall–Kier alpha value is -2.82. The van der Waals surface area contributed by atoms with E-state index in [9.17, 15) is 9.90 Å². The highest BCUT2D eigenvalue weighted by Crippen LogP contribution is 2.17. The molecule has 0 fully saturated rings. The monoisotopic (exact) mass is 267 g/mol. The number of hydrogen-bond acceptors (Lipinski definition) is 2. The molecule has 0 radical (unpaired) electrons. The van der Waals surface area contributed by atoms with E-state index in [-0.39, 0.29) is 6.67 Å². The predicted molar refractivity (Wildman–Crippen MR) is 76.7 cm³/mol. The summed E-state index contributed by atoms with van der Waals surface area (Å²) >= 11 is 0. The van der Waals surface area contributed by atoms with E-state index in [2.05, 4.69) is 4.98 Å². The molecule has 100 valence electrons. The number of fused-ring (bicyclic) bond motifs is 1. The van der Waals surface area contributed by atoms with Gasteiger partial charge in [-0.3, -0.25) is 4.90 Å². The smallest absolute Gasteiger partial charge is 0.413 e. The van der Waals surface area contributed by atoms with Crippen molar-refractivity contribution in [3.05, 3.63) is 60.9 Å². The molecular formula is C15H13N3O2. The lowest BCUT2D eigenvalue weighted by atomic mass is 10.3. The number of benzene rings is 2. The first-order valence-corrected chi connectivity index (χ1v) is 6.21. The molecule has 0 unspecified atom stereocenters. The lowest BCUT2D eigenvalue weighted by Crippen LogP contribution is -2.31. The van der Waals surface area contributed by atoms with Gasteiger partial charge in [0.15, 0.2) is 0 Å². The fourth-order valence-electron chi connectivity index (χ4n) is 2.14. The van der Waals surface area contributed by atoms with Crippen LogP contribution < -0.4 is 4.90 Å². The summed E-state index contributed by atoms with van der Waals surface area (Å²) in [4.78, 5) is 17.0. The Morgan fingerprint density at radius 2 is 1.80 bits per heavy atom. The van der Waals surface area contributed by atoms with Crippen molar-refractivity contribution >= 4 is 22.8 Å². The van der Waals surface area contributed by atoms with E-state index in [0.29, 0.717) is 5.69 Å². The number of carboxylic acid groups (broad SMARTS) is 1. The van der Waals surface area contributed by atoms with Gasteiger partial charge in [-0.25, -0.2) is 9.78 Å². The van der Waals surface area contributed by atoms with Crippen LogP contribution in [0.5, 0.6) is 0 Å². The Balaban J connectivity index is 1.97. The fraction of sp³-hybridized carbons (Fsp3) is 0.0667. The Kier molecular flexibility index (Phi) is 3.09. The summed E-state index contributed by atoms with van der Waals surface area (Å²) in [6, 6.07) is 16.7. The molecule has 0 aliphatic rings. The maximum atomic E-state index is 11.5. The molecule has 1 aromatic heterocycles. The second-order valence-corrected chi connectivity index (χ2v) is 4.39. The van der Waals surface area contributed by atoms with Crippen LogP contribution in [0.4, 0.5) is 10.5 Å². The molecule has 1 amide bonds. The van der Waals surface area contributed by atoms with Crippen molar-refractivity contribution in [2.45, 2.75) is 6.67 Å². The van der Waals surface area contributed by atoms with Gasteiger partial charge in [0.05, 0.1) is 17.4 Å². The number of amides is 1. The number of imidazole rings is 1. The molecule has 0 bridgehead atoms. The second-order valence-electron chi connectivity index (χ2n) is 4.39. The molecule has 1 heterocycles. The standard InChI is InChI=1S/C15H13N3O2/c19-15(20)18(12-6-2-1-3-7-12)11-17-10-16-13-8-4-5-9-14(13)17/h1-10H,11H2,(H,19,20). The fourth-order valence-corrected chi connectivity index (χ4v) is 2.14. The Morgan fingerprint density at radius 3 is 2.55 bits per heavy atom. The largest absolute Gasteiger partial charge is 0.465 e. The number of anilines is 1. The molecule has 2 aromatic carbocycles. The van der Waals surface area contributed by atoms with E-state index in [1.165, 1.54) is 4.90 Å². The third kappa shape index (κ3) is 2.21. The van der Waals surface area contributed by atoms with Crippen molar-refractivity contribution in [1.82, 2.24) is 9.55 Å². The minimum Gasteiger partial charge on any atom is -0.465 e. The van der Waals surface area contributed by atoms with Gasteiger partial charge in [-0.1, -0.05) is 30.3 Å². The van der Waals surface area contributed by atoms with Crippen LogP contribution in [0.3, 0.4) is 0 Å². The molecule has 5 nitrogen and oxygen atoms in total. The van der Waals surface area contributed by atoms with Crippen molar-refractivity contribution in [1.29, 1.82) is 0 Å². The van der Waals surface area contributed by atoms with Crippen LogP contribution in [0.25, 0.3) is 11.0 Å². The first kappa shape index (κ1) is 12.2. The first-order chi connectivity index (χ1) is 9.75. The van der Waals surface area contributed by atoms with Crippen molar-refractivity contribution < 1.29 is 9.90 Å². The Morgan fingerprint density at radius 1 is 1.10 bits per heavy atom. The van der Waals surface area contributed by atoms with E-state index < -0.39 is 6.09 Å². The predicted octanol–water partition coefficient (Wildman–Crippen LogP) is 3.18. The number of nitrogens with zero attached hydrogens (tertiary/aromatic N) is 3. The van der Waals surface area contributed by atoms with Gasteiger partial charge in [0.25, 0.3) is 0 Å². The molecule has 0 saturated carbocycles. The van der Waals surface area contributed by atoms with Gasteiger partial charge in [0, 0.05) is 5.69 Å². The third-order valence-corrected chi connectivity index (χ3v) is 3.12. The van der Waals surface area contributed by atoms with Crippen molar-refractivity contribution in [3.8, 4) is 0 Å². The van der Waals surface area contributed by atoms with E-state index in [1.807, 2.05) is 47.0 Å². The van der Waals surface area contributed by atoms with Crippen LogP contribution in [0.15, 0.2) is 60.9 Å². The highest BCUT2D eigenvalue weighted by molar-refractivity contribution is 5.85. The Labute approximate surface area is 115 Å². The van der Waals surface area contributed by atoms with Crippen LogP contribution in [-0.4, -0.2) is 20.8 Å². The number of carbonyl (C=O) groups is 1. The van der Waals surface area contributed by atoms with E-state index >= 15 is 0 Å². The van der Waals surface area contributed by atoms with Crippen LogP contribution in [0.1, 0.15) is 0 Å². The highest BCUT2D eigenvalue weighted by Gasteiger charge is 2.15. The zero-order valence-electron chi connectivity index (χ0n) is 10.7. The van der Waals surface area contributed by atoms with Crippen LogP contribution in [0, 0.1) is 0 Å². The molecule has 1 N–H and O–H groups in total.